The van der Waals surface area contributed by atoms with E-state index in [0.29, 0.717) is 17.0 Å². The number of aromatic nitrogens is 4. The highest BCUT2D eigenvalue weighted by molar-refractivity contribution is 6.28. The third-order valence-electron chi connectivity index (χ3n) is 4.95. The smallest absolute Gasteiger partial charge is 0.226 e. The molecule has 2 aromatic heterocycles. The first-order valence-electron chi connectivity index (χ1n) is 9.31. The Kier molecular flexibility index (Phi) is 5.66. The number of ether oxygens (including phenoxy) is 1. The summed E-state index contributed by atoms with van der Waals surface area (Å²) in [4.78, 5) is 12.8. The molecular formula is C19H22ClN5O4. The van der Waals surface area contributed by atoms with Crippen molar-refractivity contribution in [2.75, 3.05) is 11.9 Å². The number of aliphatic hydroxyl groups excluding tert-OH is 3. The van der Waals surface area contributed by atoms with Crippen molar-refractivity contribution in [2.45, 2.75) is 43.9 Å². The average molecular weight is 420 g/mol. The number of hydrogen-bond donors (Lipinski definition) is 4. The maximum Gasteiger partial charge on any atom is 0.226 e. The molecule has 154 valence electrons. The van der Waals surface area contributed by atoms with Crippen LogP contribution < -0.4 is 5.32 Å². The lowest BCUT2D eigenvalue weighted by atomic mass is 10.1. The van der Waals surface area contributed by atoms with Crippen molar-refractivity contribution in [3.63, 3.8) is 0 Å². The molecule has 0 aliphatic carbocycles. The number of halogens is 1. The Bertz CT molecular complexity index is 985. The van der Waals surface area contributed by atoms with E-state index in [1.54, 1.807) is 0 Å². The summed E-state index contributed by atoms with van der Waals surface area (Å²) in [5.74, 6) is 0.467. The van der Waals surface area contributed by atoms with E-state index in [1.165, 1.54) is 16.5 Å². The molecule has 4 N–H and O–H groups in total. The number of aliphatic hydroxyl groups is 3. The van der Waals surface area contributed by atoms with E-state index >= 15 is 0 Å². The van der Waals surface area contributed by atoms with Gasteiger partial charge < -0.3 is 25.4 Å². The Morgan fingerprint density at radius 2 is 1.97 bits per heavy atom. The van der Waals surface area contributed by atoms with Gasteiger partial charge in [0.05, 0.1) is 12.9 Å². The molecule has 1 saturated heterocycles. The molecular weight excluding hydrogens is 398 g/mol. The molecule has 1 aliphatic heterocycles. The van der Waals surface area contributed by atoms with Crippen LogP contribution >= 0.6 is 11.6 Å². The van der Waals surface area contributed by atoms with Gasteiger partial charge in [0.2, 0.25) is 5.28 Å². The molecule has 3 aromatic rings. The third kappa shape index (κ3) is 3.92. The predicted octanol–water partition coefficient (Wildman–Crippen LogP) is 1.13. The SMILES string of the molecule is C[C@H](Cc1ccccc1)Nc1nc(Cl)nc2c1ncn2[C@@H]1O[C@H](CO)C(O)C1O. The van der Waals surface area contributed by atoms with Crippen LogP contribution in [-0.2, 0) is 11.2 Å². The maximum absolute atomic E-state index is 10.3. The molecule has 5 atom stereocenters. The van der Waals surface area contributed by atoms with Gasteiger partial charge in [-0.05, 0) is 30.5 Å². The van der Waals surface area contributed by atoms with E-state index in [1.807, 2.05) is 25.1 Å². The molecule has 29 heavy (non-hydrogen) atoms. The van der Waals surface area contributed by atoms with Crippen molar-refractivity contribution in [1.82, 2.24) is 19.5 Å². The molecule has 1 aliphatic rings. The fourth-order valence-electron chi connectivity index (χ4n) is 3.54. The highest BCUT2D eigenvalue weighted by Crippen LogP contribution is 2.32. The lowest BCUT2D eigenvalue weighted by Crippen LogP contribution is -2.33. The summed E-state index contributed by atoms with van der Waals surface area (Å²) in [6, 6.07) is 10.1. The Morgan fingerprint density at radius 1 is 1.21 bits per heavy atom. The minimum absolute atomic E-state index is 0.0143. The van der Waals surface area contributed by atoms with E-state index in [2.05, 4.69) is 32.4 Å². The number of rotatable bonds is 6. The molecule has 0 amide bonds. The molecule has 4 rings (SSSR count). The normalized spacial score (nSPS) is 25.4. The molecule has 0 spiro atoms. The van der Waals surface area contributed by atoms with Crippen LogP contribution in [0.1, 0.15) is 18.7 Å². The highest BCUT2D eigenvalue weighted by Gasteiger charge is 2.44. The number of imidazole rings is 1. The van der Waals surface area contributed by atoms with Gasteiger partial charge in [0.25, 0.3) is 0 Å². The van der Waals surface area contributed by atoms with Gasteiger partial charge in [0.15, 0.2) is 23.2 Å². The molecule has 1 aromatic carbocycles. The van der Waals surface area contributed by atoms with Gasteiger partial charge in [0.1, 0.15) is 18.3 Å². The van der Waals surface area contributed by atoms with Crippen LogP contribution in [0.25, 0.3) is 11.2 Å². The van der Waals surface area contributed by atoms with Crippen LogP contribution in [0.2, 0.25) is 5.28 Å². The van der Waals surface area contributed by atoms with Crippen LogP contribution in [0.4, 0.5) is 5.82 Å². The quantitative estimate of drug-likeness (QED) is 0.438. The van der Waals surface area contributed by atoms with Crippen molar-refractivity contribution >= 4 is 28.6 Å². The van der Waals surface area contributed by atoms with Crippen LogP contribution in [0, 0.1) is 0 Å². The zero-order chi connectivity index (χ0) is 20.5. The molecule has 0 radical (unpaired) electrons. The molecule has 0 bridgehead atoms. The fourth-order valence-corrected chi connectivity index (χ4v) is 3.70. The Morgan fingerprint density at radius 3 is 2.66 bits per heavy atom. The van der Waals surface area contributed by atoms with Gasteiger partial charge in [-0.15, -0.1) is 0 Å². The van der Waals surface area contributed by atoms with Crippen LogP contribution in [0.5, 0.6) is 0 Å². The molecule has 3 heterocycles. The van der Waals surface area contributed by atoms with E-state index in [9.17, 15) is 15.3 Å². The van der Waals surface area contributed by atoms with Gasteiger partial charge in [-0.3, -0.25) is 4.57 Å². The number of anilines is 1. The number of fused-ring (bicyclic) bond motifs is 1. The topological polar surface area (TPSA) is 126 Å². The first kappa shape index (κ1) is 20.0. The first-order chi connectivity index (χ1) is 14.0. The van der Waals surface area contributed by atoms with Gasteiger partial charge in [-0.25, -0.2) is 4.98 Å². The molecule has 9 nitrogen and oxygen atoms in total. The fraction of sp³-hybridized carbons (Fsp3) is 0.421. The number of hydrogen-bond acceptors (Lipinski definition) is 8. The largest absolute Gasteiger partial charge is 0.394 e. The summed E-state index contributed by atoms with van der Waals surface area (Å²) in [6.45, 7) is 1.61. The van der Waals surface area contributed by atoms with E-state index in [4.69, 9.17) is 16.3 Å². The standard InChI is InChI=1S/C19H22ClN5O4/c1-10(7-11-5-3-2-4-6-11)22-16-13-17(24-19(20)23-16)25(9-21-13)18-15(28)14(27)12(8-26)29-18/h2-6,9-10,12,14-15,18,26-28H,7-8H2,1H3,(H,22,23,24)/t10-,12-,14?,15?,18-/m1/s1. The van der Waals surface area contributed by atoms with E-state index in [-0.39, 0.29) is 11.3 Å². The highest BCUT2D eigenvalue weighted by atomic mass is 35.5. The zero-order valence-corrected chi connectivity index (χ0v) is 16.4. The average Bonchev–Trinajstić information content (AvgIpc) is 3.24. The van der Waals surface area contributed by atoms with Crippen molar-refractivity contribution in [1.29, 1.82) is 0 Å². The second-order valence-corrected chi connectivity index (χ2v) is 7.47. The molecule has 0 saturated carbocycles. The van der Waals surface area contributed by atoms with Crippen LogP contribution in [0.3, 0.4) is 0 Å². The zero-order valence-electron chi connectivity index (χ0n) is 15.7. The lowest BCUT2D eigenvalue weighted by molar-refractivity contribution is -0.0511. The molecule has 1 fully saturated rings. The van der Waals surface area contributed by atoms with Crippen LogP contribution in [0.15, 0.2) is 36.7 Å². The third-order valence-corrected chi connectivity index (χ3v) is 5.12. The number of nitrogens with one attached hydrogen (secondary N) is 1. The minimum Gasteiger partial charge on any atom is -0.394 e. The van der Waals surface area contributed by atoms with Crippen molar-refractivity contribution in [3.05, 3.63) is 47.5 Å². The number of benzene rings is 1. The summed E-state index contributed by atoms with van der Waals surface area (Å²) in [6.07, 6.45) is -2.08. The molecule has 10 heteroatoms. The summed E-state index contributed by atoms with van der Waals surface area (Å²) in [5, 5.41) is 33.0. The Balaban J connectivity index is 1.62. The van der Waals surface area contributed by atoms with Gasteiger partial charge in [-0.2, -0.15) is 9.97 Å². The maximum atomic E-state index is 10.3. The Hall–Kier alpha value is -2.30. The second kappa shape index (κ2) is 8.21. The van der Waals surface area contributed by atoms with Crippen molar-refractivity contribution in [2.24, 2.45) is 0 Å². The molecule has 2 unspecified atom stereocenters. The first-order valence-corrected chi connectivity index (χ1v) is 9.68. The van der Waals surface area contributed by atoms with E-state index in [0.717, 1.165) is 6.42 Å². The lowest BCUT2D eigenvalue weighted by Gasteiger charge is -2.17. The van der Waals surface area contributed by atoms with Crippen molar-refractivity contribution in [3.8, 4) is 0 Å². The summed E-state index contributed by atoms with van der Waals surface area (Å²) in [5.41, 5.74) is 2.00. The van der Waals surface area contributed by atoms with Crippen molar-refractivity contribution < 1.29 is 20.1 Å². The predicted molar refractivity (Wildman–Crippen MR) is 107 cm³/mol. The van der Waals surface area contributed by atoms with Gasteiger partial charge >= 0.3 is 0 Å². The van der Waals surface area contributed by atoms with Crippen LogP contribution in [-0.4, -0.2) is 65.8 Å². The summed E-state index contributed by atoms with van der Waals surface area (Å²) in [7, 11) is 0. The summed E-state index contributed by atoms with van der Waals surface area (Å²) < 4.78 is 7.06. The Labute approximate surface area is 172 Å². The second-order valence-electron chi connectivity index (χ2n) is 7.13. The van der Waals surface area contributed by atoms with E-state index < -0.39 is 31.1 Å². The number of nitrogens with zero attached hydrogens (tertiary/aromatic N) is 4. The van der Waals surface area contributed by atoms with Gasteiger partial charge in [0, 0.05) is 6.04 Å². The monoisotopic (exact) mass is 419 g/mol. The summed E-state index contributed by atoms with van der Waals surface area (Å²) >= 11 is 6.13. The van der Waals surface area contributed by atoms with Gasteiger partial charge in [-0.1, -0.05) is 30.3 Å². The minimum atomic E-state index is -1.24.